The maximum absolute atomic E-state index is 12.5. The molecule has 0 radical (unpaired) electrons. The predicted octanol–water partition coefficient (Wildman–Crippen LogP) is 0.730. The molecule has 0 fully saturated rings. The molecule has 0 amide bonds. The molecule has 0 bridgehead atoms. The van der Waals surface area contributed by atoms with Gasteiger partial charge in [0, 0.05) is 19.2 Å². The van der Waals surface area contributed by atoms with Crippen molar-refractivity contribution in [3.63, 3.8) is 0 Å². The lowest BCUT2D eigenvalue weighted by molar-refractivity contribution is 0.177. The summed E-state index contributed by atoms with van der Waals surface area (Å²) < 4.78 is 26.3. The predicted molar refractivity (Wildman–Crippen MR) is 81.3 cm³/mol. The van der Waals surface area contributed by atoms with E-state index in [1.165, 1.54) is 17.4 Å². The number of aliphatic hydroxyl groups is 2. The van der Waals surface area contributed by atoms with Crippen molar-refractivity contribution in [1.82, 2.24) is 4.31 Å². The molecule has 0 aliphatic carbocycles. The largest absolute Gasteiger partial charge is 0.393 e. The van der Waals surface area contributed by atoms with Crippen molar-refractivity contribution in [1.29, 1.82) is 0 Å². The molecule has 21 heavy (non-hydrogen) atoms. The third-order valence-corrected chi connectivity index (χ3v) is 5.05. The number of aryl methyl sites for hydroxylation is 1. The van der Waals surface area contributed by atoms with E-state index in [4.69, 9.17) is 5.11 Å². The van der Waals surface area contributed by atoms with Crippen LogP contribution in [0, 0.1) is 18.8 Å². The normalized spacial score (nSPS) is 12.9. The van der Waals surface area contributed by atoms with Crippen LogP contribution in [-0.4, -0.2) is 49.2 Å². The first kappa shape index (κ1) is 17.7. The smallest absolute Gasteiger partial charge is 0.243 e. The zero-order valence-electron chi connectivity index (χ0n) is 12.5. The van der Waals surface area contributed by atoms with Crippen molar-refractivity contribution >= 4 is 10.0 Å². The molecule has 116 valence electrons. The molecule has 1 unspecified atom stereocenters. The highest BCUT2D eigenvalue weighted by Gasteiger charge is 2.23. The van der Waals surface area contributed by atoms with Crippen LogP contribution in [0.15, 0.2) is 23.1 Å². The second-order valence-corrected chi connectivity index (χ2v) is 6.92. The van der Waals surface area contributed by atoms with Crippen LogP contribution >= 0.6 is 0 Å². The lowest BCUT2D eigenvalue weighted by Gasteiger charge is -2.19. The van der Waals surface area contributed by atoms with E-state index in [0.717, 1.165) is 0 Å². The Morgan fingerprint density at radius 3 is 2.62 bits per heavy atom. The zero-order valence-corrected chi connectivity index (χ0v) is 13.3. The topological polar surface area (TPSA) is 77.8 Å². The van der Waals surface area contributed by atoms with Crippen LogP contribution in [0.25, 0.3) is 0 Å². The van der Waals surface area contributed by atoms with E-state index < -0.39 is 16.1 Å². The summed E-state index contributed by atoms with van der Waals surface area (Å²) in [5.41, 5.74) is 1.17. The highest BCUT2D eigenvalue weighted by Crippen LogP contribution is 2.20. The number of benzene rings is 1. The monoisotopic (exact) mass is 311 g/mol. The van der Waals surface area contributed by atoms with Crippen LogP contribution in [0.4, 0.5) is 0 Å². The number of hydrogen-bond acceptors (Lipinski definition) is 4. The molecule has 5 nitrogen and oxygen atoms in total. The fourth-order valence-electron chi connectivity index (χ4n) is 1.75. The third kappa shape index (κ3) is 4.83. The molecule has 0 aliphatic heterocycles. The Labute approximate surface area is 126 Å². The molecule has 1 aromatic rings. The first-order valence-electron chi connectivity index (χ1n) is 6.64. The SMILES string of the molecule is Cc1ccc(C#CCO)cc1S(=O)(=O)N(C)CCC(C)O. The van der Waals surface area contributed by atoms with E-state index >= 15 is 0 Å². The first-order valence-corrected chi connectivity index (χ1v) is 8.08. The number of hydrogen-bond donors (Lipinski definition) is 2. The molecule has 0 saturated carbocycles. The highest BCUT2D eigenvalue weighted by molar-refractivity contribution is 7.89. The summed E-state index contributed by atoms with van der Waals surface area (Å²) in [6.45, 7) is 3.31. The van der Waals surface area contributed by atoms with Gasteiger partial charge in [-0.15, -0.1) is 0 Å². The average molecular weight is 311 g/mol. The number of sulfonamides is 1. The van der Waals surface area contributed by atoms with E-state index in [1.807, 2.05) is 0 Å². The number of rotatable bonds is 5. The molecule has 2 N–H and O–H groups in total. The fraction of sp³-hybridized carbons (Fsp3) is 0.467. The van der Waals surface area contributed by atoms with Crippen molar-refractivity contribution < 1.29 is 18.6 Å². The number of nitrogens with zero attached hydrogens (tertiary/aromatic N) is 1. The minimum absolute atomic E-state index is 0.195. The molecule has 1 atom stereocenters. The van der Waals surface area contributed by atoms with Gasteiger partial charge in [0.1, 0.15) is 6.61 Å². The highest BCUT2D eigenvalue weighted by atomic mass is 32.2. The summed E-state index contributed by atoms with van der Waals surface area (Å²) >= 11 is 0. The maximum Gasteiger partial charge on any atom is 0.243 e. The lowest BCUT2D eigenvalue weighted by Crippen LogP contribution is -2.30. The van der Waals surface area contributed by atoms with Gasteiger partial charge in [-0.1, -0.05) is 17.9 Å². The van der Waals surface area contributed by atoms with Gasteiger partial charge in [0.15, 0.2) is 0 Å². The van der Waals surface area contributed by atoms with Crippen LogP contribution in [0.2, 0.25) is 0 Å². The summed E-state index contributed by atoms with van der Waals surface area (Å²) in [5, 5.41) is 18.0. The van der Waals surface area contributed by atoms with Gasteiger partial charge in [0.25, 0.3) is 0 Å². The van der Waals surface area contributed by atoms with E-state index in [2.05, 4.69) is 11.8 Å². The van der Waals surface area contributed by atoms with Gasteiger partial charge in [-0.2, -0.15) is 0 Å². The molecule has 6 heteroatoms. The Hall–Kier alpha value is -1.39. The van der Waals surface area contributed by atoms with Crippen LogP contribution in [0.1, 0.15) is 24.5 Å². The Morgan fingerprint density at radius 1 is 1.38 bits per heavy atom. The van der Waals surface area contributed by atoms with Crippen molar-refractivity contribution in [3.8, 4) is 11.8 Å². The summed E-state index contributed by atoms with van der Waals surface area (Å²) in [6.07, 6.45) is -0.177. The van der Waals surface area contributed by atoms with Crippen molar-refractivity contribution in [3.05, 3.63) is 29.3 Å². The third-order valence-electron chi connectivity index (χ3n) is 3.05. The summed E-state index contributed by atoms with van der Waals surface area (Å²) in [5.74, 6) is 5.20. The Balaban J connectivity index is 3.12. The van der Waals surface area contributed by atoms with Crippen molar-refractivity contribution in [2.24, 2.45) is 0 Å². The van der Waals surface area contributed by atoms with Crippen LogP contribution in [-0.2, 0) is 10.0 Å². The van der Waals surface area contributed by atoms with Gasteiger partial charge in [-0.25, -0.2) is 12.7 Å². The van der Waals surface area contributed by atoms with Crippen molar-refractivity contribution in [2.75, 3.05) is 20.2 Å². The molecule has 0 heterocycles. The lowest BCUT2D eigenvalue weighted by atomic mass is 10.1. The Kier molecular flexibility index (Phi) is 6.37. The maximum atomic E-state index is 12.5. The van der Waals surface area contributed by atoms with E-state index in [-0.39, 0.29) is 18.0 Å². The fourth-order valence-corrected chi connectivity index (χ4v) is 3.19. The number of aliphatic hydroxyl groups excluding tert-OH is 2. The van der Waals surface area contributed by atoms with Gasteiger partial charge < -0.3 is 10.2 Å². The average Bonchev–Trinajstić information content (AvgIpc) is 2.43. The van der Waals surface area contributed by atoms with E-state index in [0.29, 0.717) is 17.5 Å². The Bertz CT molecular complexity index is 641. The second-order valence-electron chi connectivity index (χ2n) is 4.90. The van der Waals surface area contributed by atoms with Gasteiger partial charge >= 0.3 is 0 Å². The molecule has 0 aliphatic rings. The summed E-state index contributed by atoms with van der Waals surface area (Å²) in [6, 6.07) is 4.91. The van der Waals surface area contributed by atoms with Crippen molar-refractivity contribution in [2.45, 2.75) is 31.3 Å². The van der Waals surface area contributed by atoms with Crippen LogP contribution in [0.5, 0.6) is 0 Å². The van der Waals surface area contributed by atoms with Crippen LogP contribution < -0.4 is 0 Å². The van der Waals surface area contributed by atoms with Gasteiger partial charge in [-0.05, 0) is 38.0 Å². The molecule has 1 aromatic carbocycles. The minimum atomic E-state index is -3.62. The summed E-state index contributed by atoms with van der Waals surface area (Å²) in [4.78, 5) is 0.195. The molecular weight excluding hydrogens is 290 g/mol. The van der Waals surface area contributed by atoms with Crippen LogP contribution in [0.3, 0.4) is 0 Å². The first-order chi connectivity index (χ1) is 9.78. The van der Waals surface area contributed by atoms with E-state index in [9.17, 15) is 13.5 Å². The standard InChI is InChI=1S/C15H21NO4S/c1-12-6-7-14(5-4-10-17)11-15(12)21(19,20)16(3)9-8-13(2)18/h6-7,11,13,17-18H,8-10H2,1-3H3. The van der Waals surface area contributed by atoms with Gasteiger partial charge in [-0.3, -0.25) is 0 Å². The minimum Gasteiger partial charge on any atom is -0.393 e. The summed E-state index contributed by atoms with van der Waals surface area (Å²) in [7, 11) is -2.13. The quantitative estimate of drug-likeness (QED) is 0.786. The van der Waals surface area contributed by atoms with E-state index in [1.54, 1.807) is 26.0 Å². The molecule has 0 spiro atoms. The zero-order chi connectivity index (χ0) is 16.0. The molecule has 1 rings (SSSR count). The Morgan fingerprint density at radius 2 is 2.05 bits per heavy atom. The molecular formula is C15H21NO4S. The molecule has 0 saturated heterocycles. The second kappa shape index (κ2) is 7.57. The van der Waals surface area contributed by atoms with Gasteiger partial charge in [0.05, 0.1) is 11.0 Å². The molecule has 0 aromatic heterocycles. The van der Waals surface area contributed by atoms with Gasteiger partial charge in [0.2, 0.25) is 10.0 Å².